The smallest absolute Gasteiger partial charge is 0.318 e. The van der Waals surface area contributed by atoms with Crippen LogP contribution >= 0.6 is 23.6 Å². The Morgan fingerprint density at radius 3 is 2.75 bits per heavy atom. The van der Waals surface area contributed by atoms with E-state index in [9.17, 15) is 4.79 Å². The van der Waals surface area contributed by atoms with E-state index in [1.54, 1.807) is 0 Å². The minimum atomic E-state index is -0.641. The van der Waals surface area contributed by atoms with Crippen molar-refractivity contribution in [2.45, 2.75) is 13.8 Å². The lowest BCUT2D eigenvalue weighted by Crippen LogP contribution is -2.18. The molecule has 0 aliphatic rings. The van der Waals surface area contributed by atoms with Gasteiger partial charge in [0.15, 0.2) is 3.95 Å². The van der Waals surface area contributed by atoms with Crippen molar-refractivity contribution < 1.29 is 7.65 Å². The molecule has 0 aliphatic heterocycles. The van der Waals surface area contributed by atoms with Gasteiger partial charge in [0.1, 0.15) is 0 Å². The first-order chi connectivity index (χ1) is 5.68. The average Bonchev–Trinajstić information content (AvgIpc) is 2.39. The Labute approximate surface area is 82.0 Å². The van der Waals surface area contributed by atoms with Gasteiger partial charge in [0.2, 0.25) is 5.13 Å². The molecular formula is C5H14N4OS2. The summed E-state index contributed by atoms with van der Waals surface area (Å²) in [4.78, 5) is 10.2. The lowest BCUT2D eigenvalue weighted by Gasteiger charge is -1.89. The van der Waals surface area contributed by atoms with Gasteiger partial charge in [0, 0.05) is 2.85 Å². The molecule has 0 aromatic carbocycles. The zero-order valence-electron chi connectivity index (χ0n) is 6.75. The Bertz CT molecular complexity index is 300. The molecule has 0 atom stereocenters. The highest BCUT2D eigenvalue weighted by Crippen LogP contribution is 2.09. The summed E-state index contributed by atoms with van der Waals surface area (Å²) in [5, 5.41) is 8.78. The summed E-state index contributed by atoms with van der Waals surface area (Å²) in [7, 11) is 0. The van der Waals surface area contributed by atoms with Gasteiger partial charge in [0.05, 0.1) is 0 Å². The molecule has 72 valence electrons. The molecule has 0 radical (unpaired) electrons. The third-order valence-corrected chi connectivity index (χ3v) is 1.67. The van der Waals surface area contributed by atoms with Crippen LogP contribution in [0.1, 0.15) is 16.7 Å². The van der Waals surface area contributed by atoms with Gasteiger partial charge in [-0.15, -0.1) is 5.10 Å². The van der Waals surface area contributed by atoms with Crippen molar-refractivity contribution in [3.05, 3.63) is 3.95 Å². The van der Waals surface area contributed by atoms with Crippen molar-refractivity contribution in [2.24, 2.45) is 5.73 Å². The number of anilines is 1. The third-order valence-electron chi connectivity index (χ3n) is 0.668. The number of nitrogens with zero attached hydrogens (tertiary/aromatic N) is 1. The second-order valence-electron chi connectivity index (χ2n) is 1.41. The minimum Gasteiger partial charge on any atom is -0.351 e. The Kier molecular flexibility index (Phi) is 5.22. The highest BCUT2D eigenvalue weighted by Gasteiger charge is 1.97. The van der Waals surface area contributed by atoms with E-state index < -0.39 is 6.03 Å². The molecule has 1 heterocycles. The molecule has 12 heavy (non-hydrogen) atoms. The van der Waals surface area contributed by atoms with Gasteiger partial charge in [-0.1, -0.05) is 25.2 Å². The first kappa shape index (κ1) is 11.1. The van der Waals surface area contributed by atoms with E-state index in [1.165, 1.54) is 0 Å². The normalized spacial score (nSPS) is 8.17. The molecule has 0 fully saturated rings. The van der Waals surface area contributed by atoms with Crippen LogP contribution in [0, 0.1) is 3.95 Å². The molecule has 0 saturated heterocycles. The van der Waals surface area contributed by atoms with Crippen molar-refractivity contribution in [3.8, 4) is 0 Å². The molecule has 0 unspecified atom stereocenters. The molecular weight excluding hydrogens is 196 g/mol. The summed E-state index contributed by atoms with van der Waals surface area (Å²) in [6, 6.07) is -0.641. The molecule has 7 heteroatoms. The first-order valence-corrected chi connectivity index (χ1v) is 4.53. The molecule has 1 rings (SSSR count). The number of hydrogen-bond acceptors (Lipinski definition) is 4. The number of primary amides is 1. The van der Waals surface area contributed by atoms with Crippen LogP contribution in [0.5, 0.6) is 0 Å². The van der Waals surface area contributed by atoms with Gasteiger partial charge in [-0.05, 0) is 12.2 Å². The second kappa shape index (κ2) is 5.67. The van der Waals surface area contributed by atoms with E-state index in [4.69, 9.17) is 18.0 Å². The summed E-state index contributed by atoms with van der Waals surface area (Å²) >= 11 is 5.85. The predicted octanol–water partition coefficient (Wildman–Crippen LogP) is 2.21. The van der Waals surface area contributed by atoms with Crippen LogP contribution in [0.4, 0.5) is 9.93 Å². The van der Waals surface area contributed by atoms with Gasteiger partial charge in [-0.3, -0.25) is 10.4 Å². The maximum Gasteiger partial charge on any atom is 0.318 e. The number of rotatable bonds is 1. The quantitative estimate of drug-likeness (QED) is 0.621. The molecule has 2 amide bonds. The summed E-state index contributed by atoms with van der Waals surface area (Å²) in [6.07, 6.45) is 0. The number of hydrogen-bond donors (Lipinski definition) is 3. The molecule has 0 saturated carbocycles. The highest BCUT2D eigenvalue weighted by atomic mass is 32.1. The molecule has 1 aromatic rings. The van der Waals surface area contributed by atoms with Gasteiger partial charge in [0.25, 0.3) is 0 Å². The monoisotopic (exact) mass is 210 g/mol. The van der Waals surface area contributed by atoms with Crippen LogP contribution in [0.2, 0.25) is 0 Å². The maximum absolute atomic E-state index is 10.2. The summed E-state index contributed by atoms with van der Waals surface area (Å²) < 4.78 is 0.503. The van der Waals surface area contributed by atoms with Crippen LogP contribution in [0.25, 0.3) is 0 Å². The number of nitrogens with two attached hydrogens (primary N) is 1. The molecule has 0 spiro atoms. The number of nitrogens with one attached hydrogen (secondary N) is 2. The number of H-pyrrole nitrogens is 1. The first-order valence-electron chi connectivity index (χ1n) is 3.30. The highest BCUT2D eigenvalue weighted by molar-refractivity contribution is 7.73. The van der Waals surface area contributed by atoms with Crippen LogP contribution in [-0.2, 0) is 0 Å². The van der Waals surface area contributed by atoms with Crippen LogP contribution in [-0.4, -0.2) is 16.2 Å². The van der Waals surface area contributed by atoms with Gasteiger partial charge in [-0.2, -0.15) is 0 Å². The van der Waals surface area contributed by atoms with E-state index in [-0.39, 0.29) is 2.85 Å². The van der Waals surface area contributed by atoms with Gasteiger partial charge in [-0.25, -0.2) is 4.79 Å². The SMILES string of the molecule is CC.NC(=O)Nc1n[nH]c(=S)s1.[HH].[HH]. The van der Waals surface area contributed by atoms with Crippen molar-refractivity contribution in [2.75, 3.05) is 5.32 Å². The van der Waals surface area contributed by atoms with E-state index in [1.807, 2.05) is 13.8 Å². The Morgan fingerprint density at radius 2 is 2.42 bits per heavy atom. The van der Waals surface area contributed by atoms with Gasteiger partial charge < -0.3 is 5.73 Å². The van der Waals surface area contributed by atoms with Crippen LogP contribution in [0.15, 0.2) is 0 Å². The zero-order chi connectivity index (χ0) is 9.56. The standard InChI is InChI=1S/C3H4N4OS2.C2H6.2H2/c4-1(8)5-2-6-7-3(9)10-2;1-2;;/h(H,7,9)(H3,4,5,6,8);1-2H3;2*1H. The lowest BCUT2D eigenvalue weighted by molar-refractivity contribution is 0.259. The molecule has 5 nitrogen and oxygen atoms in total. The topological polar surface area (TPSA) is 83.8 Å². The van der Waals surface area contributed by atoms with E-state index in [0.29, 0.717) is 9.09 Å². The third kappa shape index (κ3) is 4.04. The van der Waals surface area contributed by atoms with Crippen molar-refractivity contribution in [1.82, 2.24) is 10.2 Å². The van der Waals surface area contributed by atoms with E-state index >= 15 is 0 Å². The number of aromatic nitrogens is 2. The van der Waals surface area contributed by atoms with Crippen LogP contribution in [0.3, 0.4) is 0 Å². The molecule has 4 N–H and O–H groups in total. The lowest BCUT2D eigenvalue weighted by atomic mass is 11.0. The number of amides is 2. The van der Waals surface area contributed by atoms with Crippen LogP contribution < -0.4 is 11.1 Å². The summed E-state index contributed by atoms with van der Waals surface area (Å²) in [6.45, 7) is 4.00. The fourth-order valence-electron chi connectivity index (χ4n) is 0.389. The second-order valence-corrected chi connectivity index (χ2v) is 3.07. The fourth-order valence-corrected chi connectivity index (χ4v) is 1.18. The number of carbonyl (C=O) groups is 1. The van der Waals surface area contributed by atoms with E-state index in [0.717, 1.165) is 11.3 Å². The minimum absolute atomic E-state index is 0. The van der Waals surface area contributed by atoms with E-state index in [2.05, 4.69) is 15.5 Å². The molecule has 0 bridgehead atoms. The Balaban J connectivity index is -0.000000284. The van der Waals surface area contributed by atoms with Crippen molar-refractivity contribution >= 4 is 34.7 Å². The number of carbonyl (C=O) groups excluding carboxylic acids is 1. The fraction of sp³-hybridized carbons (Fsp3) is 0.400. The summed E-state index contributed by atoms with van der Waals surface area (Å²) in [5.41, 5.74) is 4.80. The largest absolute Gasteiger partial charge is 0.351 e. The zero-order valence-corrected chi connectivity index (χ0v) is 8.38. The van der Waals surface area contributed by atoms with Crippen molar-refractivity contribution in [3.63, 3.8) is 0 Å². The molecule has 1 aromatic heterocycles. The Morgan fingerprint density at radius 1 is 1.83 bits per heavy atom. The number of aromatic amines is 1. The maximum atomic E-state index is 10.2. The Hall–Kier alpha value is -0.950. The molecule has 0 aliphatic carbocycles. The predicted molar refractivity (Wildman–Crippen MR) is 56.1 cm³/mol. The van der Waals surface area contributed by atoms with Gasteiger partial charge >= 0.3 is 6.03 Å². The average molecular weight is 210 g/mol. The summed E-state index contributed by atoms with van der Waals surface area (Å²) in [5.74, 6) is 0. The number of urea groups is 1. The van der Waals surface area contributed by atoms with Crippen molar-refractivity contribution in [1.29, 1.82) is 0 Å².